The van der Waals surface area contributed by atoms with Gasteiger partial charge in [-0.3, -0.25) is 4.79 Å². The number of anilines is 3. The van der Waals surface area contributed by atoms with Crippen molar-refractivity contribution >= 4 is 34.7 Å². The van der Waals surface area contributed by atoms with E-state index in [4.69, 9.17) is 11.6 Å². The molecule has 0 unspecified atom stereocenters. The molecule has 1 heterocycles. The maximum atomic E-state index is 13.8. The first kappa shape index (κ1) is 18.9. The number of para-hydroxylation sites is 1. The minimum Gasteiger partial charge on any atom is -0.340 e. The van der Waals surface area contributed by atoms with E-state index in [0.29, 0.717) is 17.4 Å². The molecule has 0 spiro atoms. The summed E-state index contributed by atoms with van der Waals surface area (Å²) in [5.74, 6) is -0.273. The second kappa shape index (κ2) is 8.18. The largest absolute Gasteiger partial charge is 0.340 e. The van der Waals surface area contributed by atoms with E-state index in [1.165, 1.54) is 30.0 Å². The number of rotatable bonds is 5. The summed E-state index contributed by atoms with van der Waals surface area (Å²) < 4.78 is 13.8. The highest BCUT2D eigenvalue weighted by Gasteiger charge is 2.16. The topological polar surface area (TPSA) is 54.0 Å². The molecular formula is C21H19ClFN3O. The summed E-state index contributed by atoms with van der Waals surface area (Å²) >= 11 is 5.92. The summed E-state index contributed by atoms with van der Waals surface area (Å²) in [6.45, 7) is 4.25. The van der Waals surface area contributed by atoms with Gasteiger partial charge in [-0.2, -0.15) is 0 Å². The summed E-state index contributed by atoms with van der Waals surface area (Å²) in [5, 5.41) is 5.95. The lowest BCUT2D eigenvalue weighted by atomic mass is 10.0. The lowest BCUT2D eigenvalue weighted by molar-refractivity contribution is 0.102. The molecule has 1 amide bonds. The highest BCUT2D eigenvalue weighted by Crippen LogP contribution is 2.26. The lowest BCUT2D eigenvalue weighted by Gasteiger charge is -2.14. The van der Waals surface area contributed by atoms with Crippen LogP contribution in [0.25, 0.3) is 0 Å². The fraction of sp³-hybridized carbons (Fsp3) is 0.143. The van der Waals surface area contributed by atoms with Crippen LogP contribution in [-0.4, -0.2) is 10.9 Å². The Kier molecular flexibility index (Phi) is 5.72. The van der Waals surface area contributed by atoms with Crippen molar-refractivity contribution in [2.75, 3.05) is 10.6 Å². The Labute approximate surface area is 162 Å². The van der Waals surface area contributed by atoms with Gasteiger partial charge in [0, 0.05) is 5.69 Å². The molecule has 0 fully saturated rings. The second-order valence-corrected chi connectivity index (χ2v) is 6.76. The number of pyridine rings is 1. The van der Waals surface area contributed by atoms with Crippen molar-refractivity contribution in [3.8, 4) is 0 Å². The molecule has 1 aromatic heterocycles. The lowest BCUT2D eigenvalue weighted by Crippen LogP contribution is -2.14. The Morgan fingerprint density at radius 3 is 2.52 bits per heavy atom. The number of amides is 1. The Morgan fingerprint density at radius 2 is 1.85 bits per heavy atom. The third-order valence-electron chi connectivity index (χ3n) is 4.06. The van der Waals surface area contributed by atoms with Gasteiger partial charge in [0.25, 0.3) is 5.91 Å². The van der Waals surface area contributed by atoms with Crippen molar-refractivity contribution in [1.29, 1.82) is 0 Å². The van der Waals surface area contributed by atoms with Crippen LogP contribution in [0.5, 0.6) is 0 Å². The number of carbonyl (C=O) groups excluding carboxylic acids is 1. The smallest absolute Gasteiger partial charge is 0.260 e. The quantitative estimate of drug-likeness (QED) is 0.568. The average Bonchev–Trinajstić information content (AvgIpc) is 2.63. The normalized spacial score (nSPS) is 10.7. The number of hydrogen-bond donors (Lipinski definition) is 2. The molecule has 3 rings (SSSR count). The summed E-state index contributed by atoms with van der Waals surface area (Å²) in [6, 6.07) is 15.6. The van der Waals surface area contributed by atoms with Gasteiger partial charge in [0.1, 0.15) is 11.6 Å². The minimum atomic E-state index is -0.670. The maximum Gasteiger partial charge on any atom is 0.260 e. The number of halogens is 2. The first-order chi connectivity index (χ1) is 13.0. The first-order valence-electron chi connectivity index (χ1n) is 8.53. The predicted molar refractivity (Wildman–Crippen MR) is 107 cm³/mol. The van der Waals surface area contributed by atoms with Gasteiger partial charge in [-0.25, -0.2) is 9.37 Å². The molecule has 2 aromatic carbocycles. The molecule has 3 aromatic rings. The zero-order valence-electron chi connectivity index (χ0n) is 15.0. The molecule has 4 nitrogen and oxygen atoms in total. The van der Waals surface area contributed by atoms with E-state index in [1.54, 1.807) is 12.1 Å². The number of aromatic nitrogens is 1. The molecule has 0 bridgehead atoms. The van der Waals surface area contributed by atoms with E-state index in [0.717, 1.165) is 5.69 Å². The van der Waals surface area contributed by atoms with Crippen LogP contribution in [0.15, 0.2) is 60.8 Å². The molecule has 0 aliphatic heterocycles. The van der Waals surface area contributed by atoms with Crippen molar-refractivity contribution in [3.63, 3.8) is 0 Å². The highest BCUT2D eigenvalue weighted by molar-refractivity contribution is 6.34. The molecule has 2 N–H and O–H groups in total. The molecule has 0 saturated heterocycles. The van der Waals surface area contributed by atoms with Crippen LogP contribution < -0.4 is 10.6 Å². The van der Waals surface area contributed by atoms with Gasteiger partial charge in [-0.05, 0) is 41.8 Å². The van der Waals surface area contributed by atoms with Crippen LogP contribution in [0.1, 0.15) is 35.7 Å². The van der Waals surface area contributed by atoms with Gasteiger partial charge < -0.3 is 10.6 Å². The molecular weight excluding hydrogens is 365 g/mol. The number of nitrogens with zero attached hydrogens (tertiary/aromatic N) is 1. The molecule has 27 heavy (non-hydrogen) atoms. The van der Waals surface area contributed by atoms with E-state index in [-0.39, 0.29) is 10.6 Å². The zero-order valence-corrected chi connectivity index (χ0v) is 15.7. The molecule has 0 saturated carbocycles. The van der Waals surface area contributed by atoms with Crippen LogP contribution in [-0.2, 0) is 0 Å². The van der Waals surface area contributed by atoms with Crippen molar-refractivity contribution < 1.29 is 9.18 Å². The predicted octanol–water partition coefficient (Wildman–Crippen LogP) is 5.99. The fourth-order valence-corrected chi connectivity index (χ4v) is 2.95. The van der Waals surface area contributed by atoms with Crippen LogP contribution >= 0.6 is 11.6 Å². The summed E-state index contributed by atoms with van der Waals surface area (Å²) in [6.07, 6.45) is 1.51. The third-order valence-corrected chi connectivity index (χ3v) is 4.37. The Hall–Kier alpha value is -2.92. The van der Waals surface area contributed by atoms with E-state index in [9.17, 15) is 9.18 Å². The molecule has 0 radical (unpaired) electrons. The van der Waals surface area contributed by atoms with Crippen LogP contribution in [0.2, 0.25) is 5.02 Å². The van der Waals surface area contributed by atoms with Crippen molar-refractivity contribution in [2.24, 2.45) is 0 Å². The number of benzene rings is 2. The summed E-state index contributed by atoms with van der Waals surface area (Å²) in [7, 11) is 0. The van der Waals surface area contributed by atoms with Crippen LogP contribution in [0.4, 0.5) is 21.6 Å². The van der Waals surface area contributed by atoms with Crippen molar-refractivity contribution in [1.82, 2.24) is 4.98 Å². The summed E-state index contributed by atoms with van der Waals surface area (Å²) in [5.41, 5.74) is 2.43. The maximum absolute atomic E-state index is 13.8. The standard InChI is InChI=1S/C21H19ClFN3O/c1-13(2)15-6-3-4-9-18(15)26-19-11-10-14(12-24-19)25-21(27)20-16(22)7-5-8-17(20)23/h3-13H,1-2H3,(H,24,26)(H,25,27). The van der Waals surface area contributed by atoms with Gasteiger partial charge in [-0.1, -0.05) is 49.7 Å². The zero-order chi connectivity index (χ0) is 19.4. The van der Waals surface area contributed by atoms with Crippen LogP contribution in [0, 0.1) is 5.82 Å². The molecule has 6 heteroatoms. The van der Waals surface area contributed by atoms with Gasteiger partial charge in [-0.15, -0.1) is 0 Å². The summed E-state index contributed by atoms with van der Waals surface area (Å²) in [4.78, 5) is 16.6. The Balaban J connectivity index is 1.74. The molecule has 0 aliphatic carbocycles. The fourth-order valence-electron chi connectivity index (χ4n) is 2.70. The van der Waals surface area contributed by atoms with E-state index in [1.807, 2.05) is 18.2 Å². The molecule has 0 atom stereocenters. The first-order valence-corrected chi connectivity index (χ1v) is 8.91. The van der Waals surface area contributed by atoms with Gasteiger partial charge in [0.05, 0.1) is 22.5 Å². The van der Waals surface area contributed by atoms with E-state index >= 15 is 0 Å². The SMILES string of the molecule is CC(C)c1ccccc1Nc1ccc(NC(=O)c2c(F)cccc2Cl)cn1. The third kappa shape index (κ3) is 4.44. The number of nitrogens with one attached hydrogen (secondary N) is 2. The average molecular weight is 384 g/mol. The van der Waals surface area contributed by atoms with Crippen LogP contribution in [0.3, 0.4) is 0 Å². The van der Waals surface area contributed by atoms with Gasteiger partial charge in [0.2, 0.25) is 0 Å². The number of carbonyl (C=O) groups is 1. The van der Waals surface area contributed by atoms with Crippen molar-refractivity contribution in [3.05, 3.63) is 82.8 Å². The number of hydrogen-bond acceptors (Lipinski definition) is 3. The van der Waals surface area contributed by atoms with Gasteiger partial charge >= 0.3 is 0 Å². The Bertz CT molecular complexity index is 938. The van der Waals surface area contributed by atoms with Crippen molar-refractivity contribution in [2.45, 2.75) is 19.8 Å². The Morgan fingerprint density at radius 1 is 1.07 bits per heavy atom. The highest BCUT2D eigenvalue weighted by atomic mass is 35.5. The van der Waals surface area contributed by atoms with Gasteiger partial charge in [0.15, 0.2) is 0 Å². The second-order valence-electron chi connectivity index (χ2n) is 6.35. The molecule has 138 valence electrons. The monoisotopic (exact) mass is 383 g/mol. The molecule has 0 aliphatic rings. The van der Waals surface area contributed by atoms with E-state index in [2.05, 4.69) is 35.5 Å². The minimum absolute atomic E-state index is 0.0593. The van der Waals surface area contributed by atoms with E-state index < -0.39 is 11.7 Å².